The molecule has 22 heavy (non-hydrogen) atoms. The molecule has 0 amide bonds. The molecule has 0 atom stereocenters. The summed E-state index contributed by atoms with van der Waals surface area (Å²) in [4.78, 5) is 10.9. The number of carboxylic acids is 1. The van der Waals surface area contributed by atoms with Crippen molar-refractivity contribution in [1.82, 2.24) is 15.0 Å². The van der Waals surface area contributed by atoms with E-state index < -0.39 is 41.0 Å². The van der Waals surface area contributed by atoms with Crippen LogP contribution in [0.4, 0.5) is 26.3 Å². The number of hydrogen-bond acceptors (Lipinski definition) is 3. The van der Waals surface area contributed by atoms with Gasteiger partial charge in [-0.3, -0.25) is 0 Å². The van der Waals surface area contributed by atoms with E-state index in [9.17, 15) is 31.1 Å². The van der Waals surface area contributed by atoms with Crippen molar-refractivity contribution in [2.24, 2.45) is 0 Å². The molecule has 2 aromatic rings. The fourth-order valence-electron chi connectivity index (χ4n) is 1.56. The first-order valence-corrected chi connectivity index (χ1v) is 5.45. The van der Waals surface area contributed by atoms with Crippen LogP contribution in [0.3, 0.4) is 0 Å². The number of alkyl halides is 6. The minimum absolute atomic E-state index is 0.196. The van der Waals surface area contributed by atoms with E-state index in [0.29, 0.717) is 12.1 Å². The summed E-state index contributed by atoms with van der Waals surface area (Å²) in [5.74, 6) is -1.99. The van der Waals surface area contributed by atoms with Crippen LogP contribution in [0.15, 0.2) is 24.3 Å². The lowest BCUT2D eigenvalue weighted by Gasteiger charge is -2.07. The van der Waals surface area contributed by atoms with Crippen LogP contribution in [-0.2, 0) is 12.4 Å². The molecule has 0 bridgehead atoms. The van der Waals surface area contributed by atoms with Crippen LogP contribution >= 0.6 is 0 Å². The lowest BCUT2D eigenvalue weighted by atomic mass is 10.2. The molecule has 118 valence electrons. The van der Waals surface area contributed by atoms with Crippen LogP contribution in [0, 0.1) is 0 Å². The summed E-state index contributed by atoms with van der Waals surface area (Å²) in [6, 6.07) is 3.16. The molecule has 11 heteroatoms. The van der Waals surface area contributed by atoms with E-state index in [2.05, 4.69) is 10.2 Å². The third kappa shape index (κ3) is 3.02. The van der Waals surface area contributed by atoms with Gasteiger partial charge in [0.1, 0.15) is 0 Å². The van der Waals surface area contributed by atoms with Crippen molar-refractivity contribution in [2.45, 2.75) is 12.4 Å². The summed E-state index contributed by atoms with van der Waals surface area (Å²) < 4.78 is 75.6. The molecule has 1 aromatic carbocycles. The average molecular weight is 325 g/mol. The van der Waals surface area contributed by atoms with Gasteiger partial charge in [0.2, 0.25) is 11.4 Å². The Balaban J connectivity index is 2.57. The third-order valence-corrected chi connectivity index (χ3v) is 2.49. The summed E-state index contributed by atoms with van der Waals surface area (Å²) in [6.07, 6.45) is -9.82. The van der Waals surface area contributed by atoms with E-state index in [0.717, 1.165) is 12.1 Å². The molecule has 0 unspecified atom stereocenters. The third-order valence-electron chi connectivity index (χ3n) is 2.49. The summed E-state index contributed by atoms with van der Waals surface area (Å²) in [5.41, 5.74) is -4.78. The monoisotopic (exact) mass is 325 g/mol. The fourth-order valence-corrected chi connectivity index (χ4v) is 1.56. The van der Waals surface area contributed by atoms with Crippen LogP contribution in [0.1, 0.15) is 21.7 Å². The largest absolute Gasteiger partial charge is 0.476 e. The van der Waals surface area contributed by atoms with Crippen molar-refractivity contribution in [2.75, 3.05) is 0 Å². The molecule has 0 saturated carbocycles. The smallest absolute Gasteiger partial charge is 0.437 e. The first-order chi connectivity index (χ1) is 10.00. The lowest BCUT2D eigenvalue weighted by molar-refractivity contribution is -0.142. The van der Waals surface area contributed by atoms with Gasteiger partial charge in [-0.05, 0) is 18.2 Å². The van der Waals surface area contributed by atoms with E-state index in [4.69, 9.17) is 5.11 Å². The highest BCUT2D eigenvalue weighted by atomic mass is 19.4. The molecular formula is C11H5F6N3O2. The van der Waals surface area contributed by atoms with Gasteiger partial charge < -0.3 is 5.11 Å². The Hall–Kier alpha value is -2.59. The maximum Gasteiger partial charge on any atom is 0.437 e. The van der Waals surface area contributed by atoms with Crippen molar-refractivity contribution >= 4 is 5.97 Å². The van der Waals surface area contributed by atoms with Gasteiger partial charge in [-0.2, -0.15) is 31.1 Å². The van der Waals surface area contributed by atoms with Crippen molar-refractivity contribution in [3.63, 3.8) is 0 Å². The zero-order valence-electron chi connectivity index (χ0n) is 10.3. The van der Waals surface area contributed by atoms with Gasteiger partial charge in [0.05, 0.1) is 11.3 Å². The molecule has 0 saturated heterocycles. The minimum atomic E-state index is -5.10. The van der Waals surface area contributed by atoms with Crippen LogP contribution in [0.2, 0.25) is 0 Å². The number of nitrogens with zero attached hydrogens (tertiary/aromatic N) is 3. The minimum Gasteiger partial charge on any atom is -0.476 e. The molecule has 1 heterocycles. The van der Waals surface area contributed by atoms with Gasteiger partial charge in [-0.1, -0.05) is 6.07 Å². The first kappa shape index (κ1) is 15.8. The number of benzene rings is 1. The van der Waals surface area contributed by atoms with Crippen molar-refractivity contribution in [3.8, 4) is 5.69 Å². The number of rotatable bonds is 2. The van der Waals surface area contributed by atoms with E-state index in [-0.39, 0.29) is 4.80 Å². The molecule has 2 rings (SSSR count). The molecule has 1 N–H and O–H groups in total. The van der Waals surface area contributed by atoms with Crippen molar-refractivity contribution in [3.05, 3.63) is 41.2 Å². The SMILES string of the molecule is O=C(O)c1nn(-c2cccc(C(F)(F)F)c2)nc1C(F)(F)F. The number of aromatic carboxylic acids is 1. The van der Waals surface area contributed by atoms with Gasteiger partial charge in [-0.15, -0.1) is 10.2 Å². The summed E-state index contributed by atoms with van der Waals surface area (Å²) >= 11 is 0. The Kier molecular flexibility index (Phi) is 3.59. The Morgan fingerprint density at radius 2 is 1.68 bits per heavy atom. The summed E-state index contributed by atoms with van der Waals surface area (Å²) in [5, 5.41) is 14.7. The molecule has 0 radical (unpaired) electrons. The highest BCUT2D eigenvalue weighted by molar-refractivity contribution is 5.86. The lowest BCUT2D eigenvalue weighted by Crippen LogP contribution is -2.12. The van der Waals surface area contributed by atoms with Crippen LogP contribution in [0.25, 0.3) is 5.69 Å². The normalized spacial score (nSPS) is 12.5. The maximum atomic E-state index is 12.6. The van der Waals surface area contributed by atoms with Crippen molar-refractivity contribution < 1.29 is 36.2 Å². The molecule has 0 spiro atoms. The van der Waals surface area contributed by atoms with Gasteiger partial charge >= 0.3 is 18.3 Å². The zero-order valence-corrected chi connectivity index (χ0v) is 10.3. The zero-order chi connectivity index (χ0) is 16.7. The topological polar surface area (TPSA) is 68.0 Å². The Bertz CT molecular complexity index is 719. The summed E-state index contributed by atoms with van der Waals surface area (Å²) in [7, 11) is 0. The maximum absolute atomic E-state index is 12.6. The summed E-state index contributed by atoms with van der Waals surface area (Å²) in [6.45, 7) is 0. The van der Waals surface area contributed by atoms with Gasteiger partial charge in [0.15, 0.2) is 0 Å². The molecule has 0 aliphatic rings. The van der Waals surface area contributed by atoms with Crippen LogP contribution in [0.5, 0.6) is 0 Å². The van der Waals surface area contributed by atoms with E-state index >= 15 is 0 Å². The Morgan fingerprint density at radius 3 is 2.14 bits per heavy atom. The van der Waals surface area contributed by atoms with Crippen LogP contribution < -0.4 is 0 Å². The van der Waals surface area contributed by atoms with E-state index in [1.54, 1.807) is 0 Å². The van der Waals surface area contributed by atoms with E-state index in [1.165, 1.54) is 0 Å². The Labute approximate surface area is 117 Å². The van der Waals surface area contributed by atoms with Crippen LogP contribution in [-0.4, -0.2) is 26.1 Å². The molecule has 0 fully saturated rings. The predicted octanol–water partition coefficient (Wildman–Crippen LogP) is 3.00. The molecule has 0 aliphatic heterocycles. The number of aromatic nitrogens is 3. The Morgan fingerprint density at radius 1 is 1.05 bits per heavy atom. The highest BCUT2D eigenvalue weighted by Crippen LogP contribution is 2.32. The standard InChI is InChI=1S/C11H5F6N3O2/c12-10(13,14)5-2-1-3-6(4-5)20-18-7(9(21)22)8(19-20)11(15,16)17/h1-4H,(H,21,22). The number of halogens is 6. The molecular weight excluding hydrogens is 320 g/mol. The quantitative estimate of drug-likeness (QED) is 0.862. The fraction of sp³-hybridized carbons (Fsp3) is 0.182. The molecule has 5 nitrogen and oxygen atoms in total. The number of carbonyl (C=O) groups is 1. The second-order valence-corrected chi connectivity index (χ2v) is 4.04. The molecule has 1 aromatic heterocycles. The van der Waals surface area contributed by atoms with Crippen molar-refractivity contribution in [1.29, 1.82) is 0 Å². The van der Waals surface area contributed by atoms with Gasteiger partial charge in [0, 0.05) is 0 Å². The van der Waals surface area contributed by atoms with Gasteiger partial charge in [0.25, 0.3) is 0 Å². The average Bonchev–Trinajstić information content (AvgIpc) is 2.83. The highest BCUT2D eigenvalue weighted by Gasteiger charge is 2.41. The predicted molar refractivity (Wildman–Crippen MR) is 58.3 cm³/mol. The number of hydrogen-bond donors (Lipinski definition) is 1. The molecule has 0 aliphatic carbocycles. The van der Waals surface area contributed by atoms with Gasteiger partial charge in [-0.25, -0.2) is 4.79 Å². The second kappa shape index (κ2) is 5.00. The number of carboxylic acid groups (broad SMARTS) is 1. The second-order valence-electron chi connectivity index (χ2n) is 4.04. The van der Waals surface area contributed by atoms with E-state index in [1.807, 2.05) is 0 Å². The first-order valence-electron chi connectivity index (χ1n) is 5.45.